The highest BCUT2D eigenvalue weighted by Gasteiger charge is 2.09. The third kappa shape index (κ3) is 3.08. The van der Waals surface area contributed by atoms with E-state index >= 15 is 0 Å². The Bertz CT molecular complexity index is 572. The van der Waals surface area contributed by atoms with E-state index in [1.165, 1.54) is 0 Å². The van der Waals surface area contributed by atoms with Gasteiger partial charge in [0, 0.05) is 23.4 Å². The molecule has 94 valence electrons. The predicted molar refractivity (Wildman–Crippen MR) is 75.2 cm³/mol. The highest BCUT2D eigenvalue weighted by Crippen LogP contribution is 2.33. The minimum absolute atomic E-state index is 0.426. The molecule has 0 aliphatic heterocycles. The van der Waals surface area contributed by atoms with Gasteiger partial charge in [0.15, 0.2) is 0 Å². The lowest BCUT2D eigenvalue weighted by Crippen LogP contribution is -1.93. The van der Waals surface area contributed by atoms with Gasteiger partial charge in [-0.1, -0.05) is 41.7 Å². The van der Waals surface area contributed by atoms with E-state index in [0.29, 0.717) is 26.7 Å². The first kappa shape index (κ1) is 13.5. The zero-order chi connectivity index (χ0) is 13.1. The van der Waals surface area contributed by atoms with Crippen LogP contribution >= 0.6 is 34.8 Å². The molecule has 1 aromatic heterocycles. The Balaban J connectivity index is 2.36. The van der Waals surface area contributed by atoms with Gasteiger partial charge in [-0.15, -0.1) is 0 Å². The molecule has 0 saturated carbocycles. The molecular formula is C13H10Cl3NO. The highest BCUT2D eigenvalue weighted by molar-refractivity contribution is 6.42. The molecule has 5 heteroatoms. The third-order valence-electron chi connectivity index (χ3n) is 2.40. The summed E-state index contributed by atoms with van der Waals surface area (Å²) >= 11 is 17.8. The molecule has 0 fully saturated rings. The van der Waals surface area contributed by atoms with E-state index in [0.717, 1.165) is 12.0 Å². The number of benzene rings is 1. The summed E-state index contributed by atoms with van der Waals surface area (Å²) in [6.07, 6.45) is 2.37. The summed E-state index contributed by atoms with van der Waals surface area (Å²) in [7, 11) is 0. The van der Waals surface area contributed by atoms with Crippen LogP contribution in [-0.4, -0.2) is 4.98 Å². The van der Waals surface area contributed by atoms with Crippen LogP contribution in [0.25, 0.3) is 0 Å². The monoisotopic (exact) mass is 301 g/mol. The molecule has 0 aliphatic carbocycles. The van der Waals surface area contributed by atoms with Gasteiger partial charge < -0.3 is 4.74 Å². The number of hydrogen-bond donors (Lipinski definition) is 0. The number of nitrogens with zero attached hydrogens (tertiary/aromatic N) is 1. The van der Waals surface area contributed by atoms with Crippen molar-refractivity contribution in [2.45, 2.75) is 13.3 Å². The van der Waals surface area contributed by atoms with Crippen LogP contribution < -0.4 is 4.74 Å². The van der Waals surface area contributed by atoms with E-state index < -0.39 is 0 Å². The van der Waals surface area contributed by atoms with Crippen LogP contribution in [0.5, 0.6) is 11.6 Å². The van der Waals surface area contributed by atoms with E-state index in [9.17, 15) is 0 Å². The fourth-order valence-electron chi connectivity index (χ4n) is 1.49. The summed E-state index contributed by atoms with van der Waals surface area (Å²) in [5.74, 6) is 1.07. The lowest BCUT2D eigenvalue weighted by Gasteiger charge is -2.10. The average molecular weight is 303 g/mol. The van der Waals surface area contributed by atoms with Gasteiger partial charge in [0.25, 0.3) is 0 Å². The van der Waals surface area contributed by atoms with Gasteiger partial charge in [-0.3, -0.25) is 0 Å². The van der Waals surface area contributed by atoms with Crippen LogP contribution in [0.15, 0.2) is 30.5 Å². The highest BCUT2D eigenvalue weighted by atomic mass is 35.5. The van der Waals surface area contributed by atoms with Gasteiger partial charge in [0.05, 0.1) is 10.0 Å². The van der Waals surface area contributed by atoms with Crippen molar-refractivity contribution in [3.8, 4) is 11.6 Å². The maximum atomic E-state index is 5.98. The molecule has 2 aromatic rings. The molecule has 0 amide bonds. The minimum Gasteiger partial charge on any atom is -0.439 e. The molecule has 1 aromatic carbocycles. The molecule has 2 rings (SSSR count). The van der Waals surface area contributed by atoms with E-state index in [1.807, 2.05) is 6.92 Å². The predicted octanol–water partition coefficient (Wildman–Crippen LogP) is 5.40. The zero-order valence-electron chi connectivity index (χ0n) is 9.58. The standard InChI is InChI=1S/C13H10Cl3NO/c1-2-8-5-10(15)11(16)7-12(8)18-13-6-9(14)3-4-17-13/h3-7H,2H2,1H3. The number of aromatic nitrogens is 1. The van der Waals surface area contributed by atoms with Crippen molar-refractivity contribution in [2.75, 3.05) is 0 Å². The molecule has 0 radical (unpaired) electrons. The molecule has 0 unspecified atom stereocenters. The minimum atomic E-state index is 0.426. The topological polar surface area (TPSA) is 22.1 Å². The summed E-state index contributed by atoms with van der Waals surface area (Å²) in [5, 5.41) is 1.53. The van der Waals surface area contributed by atoms with Crippen LogP contribution in [0, 0.1) is 0 Å². The maximum Gasteiger partial charge on any atom is 0.220 e. The Kier molecular flexibility index (Phi) is 4.33. The lowest BCUT2D eigenvalue weighted by molar-refractivity contribution is 0.458. The summed E-state index contributed by atoms with van der Waals surface area (Å²) in [6, 6.07) is 6.81. The van der Waals surface area contributed by atoms with Crippen molar-refractivity contribution in [3.05, 3.63) is 51.1 Å². The van der Waals surface area contributed by atoms with Crippen LogP contribution in [0.4, 0.5) is 0 Å². The fraction of sp³-hybridized carbons (Fsp3) is 0.154. The quantitative estimate of drug-likeness (QED) is 0.757. The van der Waals surface area contributed by atoms with Crippen molar-refractivity contribution in [3.63, 3.8) is 0 Å². The van der Waals surface area contributed by atoms with Crippen LogP contribution in [0.3, 0.4) is 0 Å². The molecule has 0 atom stereocenters. The molecule has 18 heavy (non-hydrogen) atoms. The Hall–Kier alpha value is -0.960. The summed E-state index contributed by atoms with van der Waals surface area (Å²) in [4.78, 5) is 4.08. The molecule has 0 N–H and O–H groups in total. The van der Waals surface area contributed by atoms with Crippen molar-refractivity contribution in [2.24, 2.45) is 0 Å². The van der Waals surface area contributed by atoms with Crippen molar-refractivity contribution >= 4 is 34.8 Å². The smallest absolute Gasteiger partial charge is 0.220 e. The Labute approximate surface area is 120 Å². The normalized spacial score (nSPS) is 10.4. The SMILES string of the molecule is CCc1cc(Cl)c(Cl)cc1Oc1cc(Cl)ccn1. The second kappa shape index (κ2) is 5.79. The first-order chi connectivity index (χ1) is 8.60. The van der Waals surface area contributed by atoms with Gasteiger partial charge in [-0.2, -0.15) is 0 Å². The Morgan fingerprint density at radius 1 is 1.11 bits per heavy atom. The van der Waals surface area contributed by atoms with Gasteiger partial charge >= 0.3 is 0 Å². The van der Waals surface area contributed by atoms with Crippen LogP contribution in [-0.2, 0) is 6.42 Å². The maximum absolute atomic E-state index is 5.98. The molecule has 0 saturated heterocycles. The fourth-order valence-corrected chi connectivity index (χ4v) is 1.98. The summed E-state index contributed by atoms with van der Waals surface area (Å²) in [6.45, 7) is 2.01. The molecule has 0 aliphatic rings. The molecule has 0 spiro atoms. The van der Waals surface area contributed by atoms with Gasteiger partial charge in [-0.05, 0) is 24.1 Å². The molecule has 2 nitrogen and oxygen atoms in total. The Morgan fingerprint density at radius 2 is 1.83 bits per heavy atom. The summed E-state index contributed by atoms with van der Waals surface area (Å²) in [5.41, 5.74) is 0.964. The molecule has 0 bridgehead atoms. The number of ether oxygens (including phenoxy) is 1. The molecular weight excluding hydrogens is 293 g/mol. The van der Waals surface area contributed by atoms with E-state index in [2.05, 4.69) is 4.98 Å². The van der Waals surface area contributed by atoms with Crippen molar-refractivity contribution in [1.82, 2.24) is 4.98 Å². The first-order valence-corrected chi connectivity index (χ1v) is 6.51. The number of rotatable bonds is 3. The van der Waals surface area contributed by atoms with Crippen LogP contribution in [0.1, 0.15) is 12.5 Å². The largest absolute Gasteiger partial charge is 0.439 e. The van der Waals surface area contributed by atoms with E-state index in [4.69, 9.17) is 39.5 Å². The van der Waals surface area contributed by atoms with Crippen LogP contribution in [0.2, 0.25) is 15.1 Å². The van der Waals surface area contributed by atoms with Crippen molar-refractivity contribution < 1.29 is 4.74 Å². The second-order valence-electron chi connectivity index (χ2n) is 3.64. The summed E-state index contributed by atoms with van der Waals surface area (Å²) < 4.78 is 5.68. The number of pyridine rings is 1. The van der Waals surface area contributed by atoms with Gasteiger partial charge in [0.1, 0.15) is 5.75 Å². The van der Waals surface area contributed by atoms with Gasteiger partial charge in [0.2, 0.25) is 5.88 Å². The first-order valence-electron chi connectivity index (χ1n) is 5.37. The van der Waals surface area contributed by atoms with E-state index in [-0.39, 0.29) is 0 Å². The number of hydrogen-bond acceptors (Lipinski definition) is 2. The van der Waals surface area contributed by atoms with E-state index in [1.54, 1.807) is 30.5 Å². The number of aryl methyl sites for hydroxylation is 1. The average Bonchev–Trinajstić information content (AvgIpc) is 2.33. The second-order valence-corrected chi connectivity index (χ2v) is 4.89. The third-order valence-corrected chi connectivity index (χ3v) is 3.35. The molecule has 1 heterocycles. The lowest BCUT2D eigenvalue weighted by atomic mass is 10.1. The number of halogens is 3. The van der Waals surface area contributed by atoms with Crippen molar-refractivity contribution in [1.29, 1.82) is 0 Å². The zero-order valence-corrected chi connectivity index (χ0v) is 11.9. The Morgan fingerprint density at radius 3 is 2.50 bits per heavy atom. The van der Waals surface area contributed by atoms with Gasteiger partial charge in [-0.25, -0.2) is 4.98 Å².